The quantitative estimate of drug-likeness (QED) is 0.567. The SMILES string of the molecule is O=C(O)c1nnn(-c2ccc3noc(-c4ccc(Cl)cc4)c3c2)c1C1CC1. The summed E-state index contributed by atoms with van der Waals surface area (Å²) in [7, 11) is 0. The third-order valence-corrected chi connectivity index (χ3v) is 4.93. The topological polar surface area (TPSA) is 94.0 Å². The minimum atomic E-state index is -1.06. The van der Waals surface area contributed by atoms with Gasteiger partial charge in [-0.3, -0.25) is 0 Å². The Kier molecular flexibility index (Phi) is 3.51. The summed E-state index contributed by atoms with van der Waals surface area (Å²) in [6.45, 7) is 0. The van der Waals surface area contributed by atoms with Crippen LogP contribution in [0.4, 0.5) is 0 Å². The van der Waals surface area contributed by atoms with Gasteiger partial charge in [-0.1, -0.05) is 22.0 Å². The predicted molar refractivity (Wildman–Crippen MR) is 98.3 cm³/mol. The minimum Gasteiger partial charge on any atom is -0.476 e. The summed E-state index contributed by atoms with van der Waals surface area (Å²) >= 11 is 5.96. The molecular weight excluding hydrogens is 368 g/mol. The predicted octanol–water partition coefficient (Wildman–Crippen LogP) is 4.30. The zero-order chi connectivity index (χ0) is 18.5. The lowest BCUT2D eigenvalue weighted by atomic mass is 10.1. The second-order valence-corrected chi connectivity index (χ2v) is 6.97. The molecule has 2 heterocycles. The van der Waals surface area contributed by atoms with Crippen molar-refractivity contribution < 1.29 is 14.4 Å². The molecule has 0 radical (unpaired) electrons. The van der Waals surface area contributed by atoms with Crippen LogP contribution in [0, 0.1) is 0 Å². The van der Waals surface area contributed by atoms with E-state index in [0.29, 0.717) is 22.0 Å². The van der Waals surface area contributed by atoms with E-state index in [1.807, 2.05) is 30.3 Å². The molecule has 5 rings (SSSR count). The van der Waals surface area contributed by atoms with Gasteiger partial charge in [0.2, 0.25) is 0 Å². The second-order valence-electron chi connectivity index (χ2n) is 6.53. The van der Waals surface area contributed by atoms with Crippen LogP contribution in [0.5, 0.6) is 0 Å². The standard InChI is InChI=1S/C19H13ClN4O3/c20-12-5-3-11(4-6-12)18-14-9-13(7-8-15(14)22-27-18)24-17(10-1-2-10)16(19(25)26)21-23-24/h3-10H,1-2H2,(H,25,26). The van der Waals surface area contributed by atoms with Gasteiger partial charge >= 0.3 is 5.97 Å². The minimum absolute atomic E-state index is 0.0147. The zero-order valence-corrected chi connectivity index (χ0v) is 14.7. The molecule has 0 amide bonds. The van der Waals surface area contributed by atoms with Crippen LogP contribution >= 0.6 is 11.6 Å². The van der Waals surface area contributed by atoms with Gasteiger partial charge in [0.15, 0.2) is 11.5 Å². The van der Waals surface area contributed by atoms with Gasteiger partial charge in [-0.25, -0.2) is 9.48 Å². The summed E-state index contributed by atoms with van der Waals surface area (Å²) in [6, 6.07) is 12.9. The smallest absolute Gasteiger partial charge is 0.358 e. The highest BCUT2D eigenvalue weighted by Gasteiger charge is 2.34. The number of rotatable bonds is 4. The molecule has 27 heavy (non-hydrogen) atoms. The molecule has 7 nitrogen and oxygen atoms in total. The molecule has 4 aromatic rings. The molecule has 1 saturated carbocycles. The first kappa shape index (κ1) is 16.0. The lowest BCUT2D eigenvalue weighted by Crippen LogP contribution is -2.05. The molecule has 1 aliphatic carbocycles. The number of hydrogen-bond donors (Lipinski definition) is 1. The number of benzene rings is 2. The van der Waals surface area contributed by atoms with Crippen LogP contribution in [0.3, 0.4) is 0 Å². The van der Waals surface area contributed by atoms with Crippen molar-refractivity contribution in [2.24, 2.45) is 0 Å². The van der Waals surface area contributed by atoms with E-state index in [1.165, 1.54) is 0 Å². The van der Waals surface area contributed by atoms with Gasteiger partial charge in [-0.15, -0.1) is 5.10 Å². The Hall–Kier alpha value is -3.19. The van der Waals surface area contributed by atoms with Crippen LogP contribution in [-0.2, 0) is 0 Å². The van der Waals surface area contributed by atoms with Gasteiger partial charge in [0.05, 0.1) is 16.8 Å². The molecule has 1 N–H and O–H groups in total. The normalized spacial score (nSPS) is 14.0. The summed E-state index contributed by atoms with van der Waals surface area (Å²) < 4.78 is 7.14. The first-order valence-electron chi connectivity index (χ1n) is 8.46. The number of aromatic nitrogens is 4. The van der Waals surface area contributed by atoms with Gasteiger partial charge in [-0.05, 0) is 55.3 Å². The van der Waals surface area contributed by atoms with Gasteiger partial charge in [-0.2, -0.15) is 0 Å². The molecule has 2 aromatic carbocycles. The van der Waals surface area contributed by atoms with Crippen LogP contribution in [0.2, 0.25) is 5.02 Å². The molecule has 1 aliphatic rings. The summed E-state index contributed by atoms with van der Waals surface area (Å²) in [5.74, 6) is -0.258. The lowest BCUT2D eigenvalue weighted by Gasteiger charge is -2.06. The average Bonchev–Trinajstić information content (AvgIpc) is 3.26. The molecule has 0 atom stereocenters. The van der Waals surface area contributed by atoms with E-state index >= 15 is 0 Å². The fourth-order valence-corrected chi connectivity index (χ4v) is 3.35. The number of aromatic carboxylic acids is 1. The number of hydrogen-bond acceptors (Lipinski definition) is 5. The number of carboxylic acids is 1. The van der Waals surface area contributed by atoms with Crippen molar-refractivity contribution >= 4 is 28.5 Å². The van der Waals surface area contributed by atoms with Crippen molar-refractivity contribution in [2.75, 3.05) is 0 Å². The zero-order valence-electron chi connectivity index (χ0n) is 14.0. The maximum atomic E-state index is 11.5. The van der Waals surface area contributed by atoms with Crippen molar-refractivity contribution in [3.63, 3.8) is 0 Å². The molecule has 2 aromatic heterocycles. The fourth-order valence-electron chi connectivity index (χ4n) is 3.23. The second kappa shape index (κ2) is 5.92. The van der Waals surface area contributed by atoms with E-state index in [1.54, 1.807) is 16.8 Å². The number of nitrogens with zero attached hydrogens (tertiary/aromatic N) is 4. The van der Waals surface area contributed by atoms with Crippen LogP contribution in [0.15, 0.2) is 47.0 Å². The summed E-state index contributed by atoms with van der Waals surface area (Å²) in [6.07, 6.45) is 1.89. The highest BCUT2D eigenvalue weighted by molar-refractivity contribution is 6.30. The summed E-state index contributed by atoms with van der Waals surface area (Å²) in [5.41, 5.74) is 2.94. The van der Waals surface area contributed by atoms with Crippen molar-refractivity contribution in [2.45, 2.75) is 18.8 Å². The fraction of sp³-hybridized carbons (Fsp3) is 0.158. The number of carbonyl (C=O) groups is 1. The summed E-state index contributed by atoms with van der Waals surface area (Å²) in [4.78, 5) is 11.5. The molecule has 134 valence electrons. The molecule has 8 heteroatoms. The monoisotopic (exact) mass is 380 g/mol. The molecular formula is C19H13ClN4O3. The number of halogens is 1. The average molecular weight is 381 g/mol. The Morgan fingerprint density at radius 2 is 1.96 bits per heavy atom. The van der Waals surface area contributed by atoms with Crippen LogP contribution < -0.4 is 0 Å². The molecule has 1 fully saturated rings. The molecule has 0 unspecified atom stereocenters. The molecule has 0 saturated heterocycles. The summed E-state index contributed by atoms with van der Waals surface area (Å²) in [5, 5.41) is 22.9. The Morgan fingerprint density at radius 1 is 1.19 bits per heavy atom. The highest BCUT2D eigenvalue weighted by Crippen LogP contribution is 2.42. The van der Waals surface area contributed by atoms with Crippen LogP contribution in [0.1, 0.15) is 34.9 Å². The Morgan fingerprint density at radius 3 is 2.67 bits per heavy atom. The van der Waals surface area contributed by atoms with Crippen LogP contribution in [-0.4, -0.2) is 31.2 Å². The van der Waals surface area contributed by atoms with E-state index in [2.05, 4.69) is 15.5 Å². The van der Waals surface area contributed by atoms with E-state index < -0.39 is 5.97 Å². The molecule has 0 aliphatic heterocycles. The van der Waals surface area contributed by atoms with Gasteiger partial charge < -0.3 is 9.63 Å². The van der Waals surface area contributed by atoms with E-state index in [-0.39, 0.29) is 11.6 Å². The Bertz CT molecular complexity index is 1180. The third kappa shape index (κ3) is 2.67. The van der Waals surface area contributed by atoms with Crippen molar-refractivity contribution in [1.82, 2.24) is 20.2 Å². The van der Waals surface area contributed by atoms with Crippen molar-refractivity contribution in [3.8, 4) is 17.0 Å². The highest BCUT2D eigenvalue weighted by atomic mass is 35.5. The lowest BCUT2D eigenvalue weighted by molar-refractivity contribution is 0.0689. The van der Waals surface area contributed by atoms with Crippen molar-refractivity contribution in [3.05, 3.63) is 58.9 Å². The molecule has 0 bridgehead atoms. The number of carboxylic acid groups (broad SMARTS) is 1. The maximum Gasteiger partial charge on any atom is 0.358 e. The van der Waals surface area contributed by atoms with E-state index in [9.17, 15) is 9.90 Å². The maximum absolute atomic E-state index is 11.5. The Labute approximate surface area is 158 Å². The van der Waals surface area contributed by atoms with Crippen LogP contribution in [0.25, 0.3) is 27.9 Å². The first-order chi connectivity index (χ1) is 13.1. The molecule has 0 spiro atoms. The first-order valence-corrected chi connectivity index (χ1v) is 8.84. The van der Waals surface area contributed by atoms with E-state index in [4.69, 9.17) is 16.1 Å². The van der Waals surface area contributed by atoms with Gasteiger partial charge in [0, 0.05) is 16.5 Å². The Balaban J connectivity index is 1.66. The van der Waals surface area contributed by atoms with E-state index in [0.717, 1.165) is 29.5 Å². The number of fused-ring (bicyclic) bond motifs is 1. The van der Waals surface area contributed by atoms with Gasteiger partial charge in [0.25, 0.3) is 0 Å². The third-order valence-electron chi connectivity index (χ3n) is 4.68. The van der Waals surface area contributed by atoms with Crippen molar-refractivity contribution in [1.29, 1.82) is 0 Å². The largest absolute Gasteiger partial charge is 0.476 e. The van der Waals surface area contributed by atoms with Gasteiger partial charge in [0.1, 0.15) is 5.52 Å².